The van der Waals surface area contributed by atoms with Crippen molar-refractivity contribution in [2.75, 3.05) is 12.4 Å². The molecule has 0 fully saturated rings. The number of rotatable bonds is 4. The molecule has 0 atom stereocenters. The van der Waals surface area contributed by atoms with Gasteiger partial charge in [0, 0.05) is 24.9 Å². The molecule has 0 saturated carbocycles. The predicted octanol–water partition coefficient (Wildman–Crippen LogP) is 0.347. The number of amides is 1. The van der Waals surface area contributed by atoms with Crippen LogP contribution < -0.4 is 21.3 Å². The molecule has 0 aliphatic rings. The molecule has 0 radical (unpaired) electrons. The second-order valence-electron chi connectivity index (χ2n) is 5.78. The van der Waals surface area contributed by atoms with Crippen molar-refractivity contribution in [1.29, 1.82) is 0 Å². The van der Waals surface area contributed by atoms with Crippen LogP contribution in [-0.2, 0) is 18.4 Å². The molecule has 10 heteroatoms. The van der Waals surface area contributed by atoms with Crippen LogP contribution in [0.5, 0.6) is 5.75 Å². The maximum atomic E-state index is 12.8. The number of aryl methyl sites for hydroxylation is 3. The summed E-state index contributed by atoms with van der Waals surface area (Å²) in [6, 6.07) is 1.52. The Labute approximate surface area is 147 Å². The van der Waals surface area contributed by atoms with E-state index in [0.717, 1.165) is 4.57 Å². The van der Waals surface area contributed by atoms with E-state index in [1.165, 1.54) is 31.0 Å². The van der Waals surface area contributed by atoms with Crippen molar-refractivity contribution in [1.82, 2.24) is 19.3 Å². The topological polar surface area (TPSA) is 121 Å². The average Bonchev–Trinajstić information content (AvgIpc) is 3.01. The fourth-order valence-electron chi connectivity index (χ4n) is 2.67. The number of nitrogens with zero attached hydrogens (tertiary/aromatic N) is 4. The summed E-state index contributed by atoms with van der Waals surface area (Å²) in [6.07, 6.45) is 1.52. The fraction of sp³-hybridized carbons (Fsp3) is 0.312. The number of aromatic nitrogens is 4. The molecule has 0 unspecified atom stereocenters. The number of fused-ring (bicyclic) bond motifs is 1. The number of anilines is 1. The van der Waals surface area contributed by atoms with Crippen LogP contribution in [0.4, 0.5) is 5.82 Å². The molecule has 3 heterocycles. The lowest BCUT2D eigenvalue weighted by molar-refractivity contribution is -0.116. The van der Waals surface area contributed by atoms with Crippen molar-refractivity contribution < 1.29 is 14.1 Å². The van der Waals surface area contributed by atoms with E-state index in [-0.39, 0.29) is 16.9 Å². The summed E-state index contributed by atoms with van der Waals surface area (Å²) in [5.41, 5.74) is -0.480. The Kier molecular flexibility index (Phi) is 4.33. The summed E-state index contributed by atoms with van der Waals surface area (Å²) in [5, 5.41) is 6.25. The Morgan fingerprint density at radius 3 is 2.69 bits per heavy atom. The molecular weight excluding hydrogens is 342 g/mol. The van der Waals surface area contributed by atoms with E-state index in [2.05, 4.69) is 15.5 Å². The molecular formula is C16H17N5O5. The number of hydrogen-bond acceptors (Lipinski definition) is 7. The first-order chi connectivity index (χ1) is 12.3. The van der Waals surface area contributed by atoms with Gasteiger partial charge in [0.15, 0.2) is 11.5 Å². The standard InChI is InChI=1S/C16H17N5O5/c1-8-6-17-14-12(13(8)25-4)15(23)21(16(24)20(14)3)7-11(22)18-10-5-9(2)26-19-10/h5-6H,7H2,1-4H3,(H,18,19,22). The van der Waals surface area contributed by atoms with E-state index in [9.17, 15) is 14.4 Å². The first-order valence-corrected chi connectivity index (χ1v) is 7.69. The van der Waals surface area contributed by atoms with E-state index >= 15 is 0 Å². The lowest BCUT2D eigenvalue weighted by Gasteiger charge is -2.13. The number of pyridine rings is 1. The minimum atomic E-state index is -0.660. The molecule has 0 aromatic carbocycles. The number of carbonyl (C=O) groups excluding carboxylic acids is 1. The highest BCUT2D eigenvalue weighted by molar-refractivity contribution is 5.90. The third-order valence-electron chi connectivity index (χ3n) is 3.89. The zero-order valence-electron chi connectivity index (χ0n) is 14.7. The van der Waals surface area contributed by atoms with Crippen LogP contribution in [0.3, 0.4) is 0 Å². The van der Waals surface area contributed by atoms with Gasteiger partial charge in [0.25, 0.3) is 5.56 Å². The van der Waals surface area contributed by atoms with Crippen molar-refractivity contribution in [2.45, 2.75) is 20.4 Å². The van der Waals surface area contributed by atoms with E-state index in [1.54, 1.807) is 13.8 Å². The Bertz CT molecular complexity index is 1120. The van der Waals surface area contributed by atoms with Crippen LogP contribution in [0.15, 0.2) is 26.4 Å². The zero-order chi connectivity index (χ0) is 19.0. The van der Waals surface area contributed by atoms with Gasteiger partial charge in [0.1, 0.15) is 23.4 Å². The Morgan fingerprint density at radius 1 is 1.35 bits per heavy atom. The van der Waals surface area contributed by atoms with E-state index in [1.807, 2.05) is 0 Å². The van der Waals surface area contributed by atoms with Crippen molar-refractivity contribution in [3.05, 3.63) is 44.4 Å². The Morgan fingerprint density at radius 2 is 2.08 bits per heavy atom. The number of hydrogen-bond donors (Lipinski definition) is 1. The predicted molar refractivity (Wildman–Crippen MR) is 92.4 cm³/mol. The maximum absolute atomic E-state index is 12.8. The molecule has 1 N–H and O–H groups in total. The molecule has 136 valence electrons. The highest BCUT2D eigenvalue weighted by Gasteiger charge is 2.19. The molecule has 0 spiro atoms. The number of carbonyl (C=O) groups is 1. The number of ether oxygens (including phenoxy) is 1. The first kappa shape index (κ1) is 17.4. The minimum Gasteiger partial charge on any atom is -0.495 e. The monoisotopic (exact) mass is 359 g/mol. The summed E-state index contributed by atoms with van der Waals surface area (Å²) in [5.74, 6) is 0.451. The smallest absolute Gasteiger partial charge is 0.332 e. The first-order valence-electron chi connectivity index (χ1n) is 7.69. The summed E-state index contributed by atoms with van der Waals surface area (Å²) >= 11 is 0. The normalized spacial score (nSPS) is 10.9. The Hall–Kier alpha value is -3.43. The number of methoxy groups -OCH3 is 1. The van der Waals surface area contributed by atoms with Crippen molar-refractivity contribution in [3.8, 4) is 5.75 Å². The molecule has 0 aliphatic carbocycles. The Balaban J connectivity index is 2.10. The minimum absolute atomic E-state index is 0.139. The van der Waals surface area contributed by atoms with Gasteiger partial charge in [-0.3, -0.25) is 14.2 Å². The number of nitrogens with one attached hydrogen (secondary N) is 1. The summed E-state index contributed by atoms with van der Waals surface area (Å²) in [4.78, 5) is 41.7. The summed E-state index contributed by atoms with van der Waals surface area (Å²) < 4.78 is 12.2. The average molecular weight is 359 g/mol. The highest BCUT2D eigenvalue weighted by Crippen LogP contribution is 2.23. The molecule has 0 saturated heterocycles. The van der Waals surface area contributed by atoms with Crippen molar-refractivity contribution >= 4 is 22.8 Å². The largest absolute Gasteiger partial charge is 0.495 e. The second kappa shape index (κ2) is 6.47. The van der Waals surface area contributed by atoms with E-state index in [0.29, 0.717) is 17.1 Å². The molecule has 26 heavy (non-hydrogen) atoms. The van der Waals surface area contributed by atoms with Gasteiger partial charge < -0.3 is 14.6 Å². The molecule has 1 amide bonds. The summed E-state index contributed by atoms with van der Waals surface area (Å²) in [6.45, 7) is 2.93. The van der Waals surface area contributed by atoms with Gasteiger partial charge in [-0.15, -0.1) is 0 Å². The van der Waals surface area contributed by atoms with Gasteiger partial charge in [0.05, 0.1) is 7.11 Å². The SMILES string of the molecule is COc1c(C)cnc2c1c(=O)n(CC(=O)Nc1cc(C)on1)c(=O)n2C. The molecule has 0 aliphatic heterocycles. The third-order valence-corrected chi connectivity index (χ3v) is 3.89. The molecule has 3 rings (SSSR count). The highest BCUT2D eigenvalue weighted by atomic mass is 16.5. The van der Waals surface area contributed by atoms with Crippen LogP contribution in [0.2, 0.25) is 0 Å². The molecule has 0 bridgehead atoms. The summed E-state index contributed by atoms with van der Waals surface area (Å²) in [7, 11) is 2.90. The van der Waals surface area contributed by atoms with E-state index < -0.39 is 23.7 Å². The quantitative estimate of drug-likeness (QED) is 0.713. The van der Waals surface area contributed by atoms with Crippen LogP contribution >= 0.6 is 0 Å². The van der Waals surface area contributed by atoms with Gasteiger partial charge in [-0.25, -0.2) is 14.3 Å². The van der Waals surface area contributed by atoms with Crippen LogP contribution in [0, 0.1) is 13.8 Å². The lowest BCUT2D eigenvalue weighted by atomic mass is 10.2. The zero-order valence-corrected chi connectivity index (χ0v) is 14.7. The van der Waals surface area contributed by atoms with Gasteiger partial charge in [-0.05, 0) is 13.8 Å². The van der Waals surface area contributed by atoms with Gasteiger partial charge in [0.2, 0.25) is 5.91 Å². The van der Waals surface area contributed by atoms with Crippen LogP contribution in [0.25, 0.3) is 11.0 Å². The molecule has 10 nitrogen and oxygen atoms in total. The van der Waals surface area contributed by atoms with Gasteiger partial charge in [-0.1, -0.05) is 5.16 Å². The van der Waals surface area contributed by atoms with Gasteiger partial charge in [-0.2, -0.15) is 0 Å². The third kappa shape index (κ3) is 2.85. The molecule has 3 aromatic heterocycles. The van der Waals surface area contributed by atoms with Crippen LogP contribution in [0.1, 0.15) is 11.3 Å². The van der Waals surface area contributed by atoms with Crippen molar-refractivity contribution in [3.63, 3.8) is 0 Å². The van der Waals surface area contributed by atoms with Gasteiger partial charge >= 0.3 is 5.69 Å². The fourth-order valence-corrected chi connectivity index (χ4v) is 2.67. The lowest BCUT2D eigenvalue weighted by Crippen LogP contribution is -2.42. The maximum Gasteiger partial charge on any atom is 0.332 e. The van der Waals surface area contributed by atoms with E-state index in [4.69, 9.17) is 9.26 Å². The molecule has 3 aromatic rings. The van der Waals surface area contributed by atoms with Crippen LogP contribution in [-0.4, -0.2) is 32.3 Å². The second-order valence-corrected chi connectivity index (χ2v) is 5.78. The van der Waals surface area contributed by atoms with Crippen molar-refractivity contribution in [2.24, 2.45) is 7.05 Å².